The first-order valence-corrected chi connectivity index (χ1v) is 11.3. The van der Waals surface area contributed by atoms with E-state index < -0.39 is 111 Å². The lowest BCUT2D eigenvalue weighted by molar-refractivity contribution is -0.385. The van der Waals surface area contributed by atoms with Gasteiger partial charge < -0.3 is 74.7 Å². The molecular formula is C20H34O16. The number of carboxylic acid groups (broad SMARTS) is 1. The number of aliphatic hydroxyl groups is 9. The molecule has 16 nitrogen and oxygen atoms in total. The zero-order valence-corrected chi connectivity index (χ0v) is 19.4. The van der Waals surface area contributed by atoms with Crippen LogP contribution >= 0.6 is 0 Å². The topological polar surface area (TPSA) is 266 Å². The van der Waals surface area contributed by atoms with E-state index in [0.717, 1.165) is 0 Å². The summed E-state index contributed by atoms with van der Waals surface area (Å²) in [5.41, 5.74) is 0. The van der Waals surface area contributed by atoms with E-state index >= 15 is 0 Å². The van der Waals surface area contributed by atoms with Crippen molar-refractivity contribution in [2.45, 2.75) is 112 Å². The van der Waals surface area contributed by atoms with Crippen molar-refractivity contribution in [1.29, 1.82) is 0 Å². The number of ether oxygens (including phenoxy) is 5. The molecule has 15 atom stereocenters. The van der Waals surface area contributed by atoms with Crippen molar-refractivity contribution in [2.75, 3.05) is 6.61 Å². The summed E-state index contributed by atoms with van der Waals surface area (Å²) in [6.07, 6.45) is -23.3. The number of aliphatic carboxylic acids is 1. The van der Waals surface area contributed by atoms with Crippen LogP contribution in [-0.2, 0) is 28.5 Å². The molecule has 3 fully saturated rings. The Labute approximate surface area is 204 Å². The molecule has 0 aromatic carbocycles. The minimum absolute atomic E-state index is 0.910. The largest absolute Gasteiger partial charge is 0.477 e. The lowest BCUT2D eigenvalue weighted by atomic mass is 9.92. The summed E-state index contributed by atoms with van der Waals surface area (Å²) in [6.45, 7) is 1.77. The van der Waals surface area contributed by atoms with Crippen LogP contribution in [0.3, 0.4) is 0 Å². The molecule has 0 aliphatic carbocycles. The first-order chi connectivity index (χ1) is 16.7. The van der Waals surface area contributed by atoms with Gasteiger partial charge in [0, 0.05) is 6.42 Å². The molecule has 3 aliphatic rings. The number of aliphatic hydroxyl groups excluding tert-OH is 8. The number of carboxylic acids is 1. The van der Waals surface area contributed by atoms with Gasteiger partial charge in [-0.2, -0.15) is 0 Å². The summed E-state index contributed by atoms with van der Waals surface area (Å²) >= 11 is 0. The molecule has 210 valence electrons. The SMILES string of the molecule is C[C@@H]1O[C@@H](O[C@H]2[C@H](O[C@H]3[C@@H]([C@H](O)CO)OC(O)(C(=O)O)C[C@H]3O)O[C@@H](C)[C@H](O)[C@H]2O)[C@H](O)[C@H](O)[C@H]1O. The van der Waals surface area contributed by atoms with Gasteiger partial charge in [0.15, 0.2) is 12.6 Å². The van der Waals surface area contributed by atoms with E-state index in [1.165, 1.54) is 13.8 Å². The summed E-state index contributed by atoms with van der Waals surface area (Å²) < 4.78 is 27.2. The maximum Gasteiger partial charge on any atom is 0.364 e. The summed E-state index contributed by atoms with van der Waals surface area (Å²) in [5, 5.41) is 101. The van der Waals surface area contributed by atoms with Crippen molar-refractivity contribution in [2.24, 2.45) is 0 Å². The molecule has 16 heteroatoms. The average Bonchev–Trinajstić information content (AvgIpc) is 2.82. The summed E-state index contributed by atoms with van der Waals surface area (Å²) in [7, 11) is 0. The van der Waals surface area contributed by atoms with E-state index in [1.54, 1.807) is 0 Å². The van der Waals surface area contributed by atoms with Gasteiger partial charge >= 0.3 is 5.97 Å². The molecule has 0 radical (unpaired) electrons. The highest BCUT2D eigenvalue weighted by Crippen LogP contribution is 2.35. The number of carbonyl (C=O) groups is 1. The Morgan fingerprint density at radius 1 is 0.889 bits per heavy atom. The van der Waals surface area contributed by atoms with Gasteiger partial charge in [0.2, 0.25) is 0 Å². The first-order valence-electron chi connectivity index (χ1n) is 11.3. The van der Waals surface area contributed by atoms with Crippen LogP contribution in [0.4, 0.5) is 0 Å². The fraction of sp³-hybridized carbons (Fsp3) is 0.950. The van der Waals surface area contributed by atoms with Crippen molar-refractivity contribution < 1.29 is 79.5 Å². The van der Waals surface area contributed by atoms with Crippen molar-refractivity contribution >= 4 is 5.97 Å². The average molecular weight is 530 g/mol. The Morgan fingerprint density at radius 2 is 1.42 bits per heavy atom. The van der Waals surface area contributed by atoms with Crippen LogP contribution in [0, 0.1) is 0 Å². The first kappa shape index (κ1) is 29.5. The molecule has 0 aromatic rings. The third-order valence-electron chi connectivity index (χ3n) is 6.60. The molecule has 10 N–H and O–H groups in total. The maximum atomic E-state index is 11.4. The van der Waals surface area contributed by atoms with Crippen LogP contribution in [0.15, 0.2) is 0 Å². The summed E-state index contributed by atoms with van der Waals surface area (Å²) in [5.74, 6) is -4.78. The van der Waals surface area contributed by atoms with Crippen molar-refractivity contribution in [3.8, 4) is 0 Å². The molecule has 3 aliphatic heterocycles. The molecule has 3 heterocycles. The van der Waals surface area contributed by atoms with E-state index in [9.17, 15) is 55.9 Å². The molecule has 3 rings (SSSR count). The van der Waals surface area contributed by atoms with Gasteiger partial charge in [-0.05, 0) is 13.8 Å². The smallest absolute Gasteiger partial charge is 0.364 e. The van der Waals surface area contributed by atoms with E-state index in [0.29, 0.717) is 0 Å². The van der Waals surface area contributed by atoms with Crippen molar-refractivity contribution in [3.05, 3.63) is 0 Å². The van der Waals surface area contributed by atoms with E-state index in [-0.39, 0.29) is 0 Å². The second-order valence-corrected chi connectivity index (χ2v) is 9.27. The maximum absolute atomic E-state index is 11.4. The van der Waals surface area contributed by atoms with Gasteiger partial charge in [-0.3, -0.25) is 0 Å². The highest BCUT2D eigenvalue weighted by atomic mass is 16.8. The summed E-state index contributed by atoms with van der Waals surface area (Å²) in [6, 6.07) is 0. The molecule has 0 aromatic heterocycles. The number of hydrogen-bond donors (Lipinski definition) is 10. The second kappa shape index (κ2) is 11.3. The monoisotopic (exact) mass is 530 g/mol. The van der Waals surface area contributed by atoms with E-state index in [4.69, 9.17) is 23.7 Å². The van der Waals surface area contributed by atoms with Crippen molar-refractivity contribution in [1.82, 2.24) is 0 Å². The van der Waals surface area contributed by atoms with Crippen LogP contribution in [0.25, 0.3) is 0 Å². The Hall–Kier alpha value is -1.09. The van der Waals surface area contributed by atoms with Gasteiger partial charge in [0.05, 0.1) is 24.9 Å². The number of hydrogen-bond acceptors (Lipinski definition) is 15. The quantitative estimate of drug-likeness (QED) is 0.147. The minimum atomic E-state index is -2.92. The van der Waals surface area contributed by atoms with E-state index in [1.807, 2.05) is 0 Å². The molecule has 36 heavy (non-hydrogen) atoms. The fourth-order valence-corrected chi connectivity index (χ4v) is 4.36. The summed E-state index contributed by atoms with van der Waals surface area (Å²) in [4.78, 5) is 11.4. The minimum Gasteiger partial charge on any atom is -0.477 e. The van der Waals surface area contributed by atoms with E-state index in [2.05, 4.69) is 0 Å². The number of rotatable bonds is 7. The predicted molar refractivity (Wildman–Crippen MR) is 110 cm³/mol. The van der Waals surface area contributed by atoms with Gasteiger partial charge in [0.25, 0.3) is 5.79 Å². The Morgan fingerprint density at radius 3 is 1.97 bits per heavy atom. The van der Waals surface area contributed by atoms with Crippen LogP contribution in [0.5, 0.6) is 0 Å². The normalized spacial score (nSPS) is 51.0. The molecule has 3 saturated heterocycles. The Bertz CT molecular complexity index is 755. The van der Waals surface area contributed by atoms with Gasteiger partial charge in [-0.1, -0.05) is 0 Å². The highest BCUT2D eigenvalue weighted by Gasteiger charge is 2.56. The standard InChI is InChI=1S/C20H34O16/c1-5-9(24)11(26)13(28)17(32-5)35-16-12(27)10(25)6(2)33-18(16)34-14-7(22)3-20(31,19(29)30)36-15(14)8(23)4-21/h5-18,21-28,31H,3-4H2,1-2H3,(H,29,30)/t5-,6-,7+,8+,9-,10-,11+,12+,13+,14+,15+,16+,17-,18-,20?/m0/s1. The van der Waals surface area contributed by atoms with Gasteiger partial charge in [0.1, 0.15) is 54.9 Å². The van der Waals surface area contributed by atoms with Crippen molar-refractivity contribution in [3.63, 3.8) is 0 Å². The highest BCUT2D eigenvalue weighted by molar-refractivity contribution is 5.75. The third kappa shape index (κ3) is 5.67. The van der Waals surface area contributed by atoms with Gasteiger partial charge in [-0.25, -0.2) is 4.79 Å². The lowest BCUT2D eigenvalue weighted by Gasteiger charge is -2.48. The lowest BCUT2D eigenvalue weighted by Crippen LogP contribution is -2.66. The predicted octanol–water partition coefficient (Wildman–Crippen LogP) is -5.67. The van der Waals surface area contributed by atoms with Crippen LogP contribution in [-0.4, -0.2) is 155 Å². The third-order valence-corrected chi connectivity index (χ3v) is 6.60. The molecule has 0 spiro atoms. The Balaban J connectivity index is 1.86. The van der Waals surface area contributed by atoms with Crippen LogP contribution in [0.2, 0.25) is 0 Å². The zero-order chi connectivity index (χ0) is 27.1. The molecule has 0 saturated carbocycles. The second-order valence-electron chi connectivity index (χ2n) is 9.27. The Kier molecular flexibility index (Phi) is 9.28. The molecule has 1 unspecified atom stereocenters. The fourth-order valence-electron chi connectivity index (χ4n) is 4.36. The van der Waals surface area contributed by atoms with Gasteiger partial charge in [-0.15, -0.1) is 0 Å². The zero-order valence-electron chi connectivity index (χ0n) is 19.4. The van der Waals surface area contributed by atoms with Crippen LogP contribution < -0.4 is 0 Å². The molecule has 0 bridgehead atoms. The molecule has 0 amide bonds. The van der Waals surface area contributed by atoms with Crippen LogP contribution in [0.1, 0.15) is 20.3 Å². The molecular weight excluding hydrogens is 496 g/mol.